The average molecular weight is 405 g/mol. The summed E-state index contributed by atoms with van der Waals surface area (Å²) in [5.74, 6) is -1.61. The molecular formula is C21H22F3N3O2. The van der Waals surface area contributed by atoms with Crippen LogP contribution in [-0.2, 0) is 0 Å². The molecule has 0 spiro atoms. The Hall–Kier alpha value is -3.03. The molecule has 0 aromatic heterocycles. The zero-order valence-electron chi connectivity index (χ0n) is 15.8. The first-order valence-electron chi connectivity index (χ1n) is 9.47. The molecular weight excluding hydrogens is 383 g/mol. The second-order valence-electron chi connectivity index (χ2n) is 7.04. The minimum Gasteiger partial charge on any atom is -0.352 e. The number of benzene rings is 2. The van der Waals surface area contributed by atoms with Gasteiger partial charge in [0, 0.05) is 31.3 Å². The van der Waals surface area contributed by atoms with Crippen LogP contribution in [0.2, 0.25) is 0 Å². The molecule has 5 nitrogen and oxygen atoms in total. The Morgan fingerprint density at radius 2 is 1.62 bits per heavy atom. The number of rotatable bonds is 5. The summed E-state index contributed by atoms with van der Waals surface area (Å²) in [6, 6.07) is 7.80. The van der Waals surface area contributed by atoms with Crippen LogP contribution in [-0.4, -0.2) is 36.5 Å². The van der Waals surface area contributed by atoms with Crippen LogP contribution in [0, 0.1) is 23.4 Å². The third kappa shape index (κ3) is 5.73. The molecule has 1 saturated heterocycles. The van der Waals surface area contributed by atoms with Gasteiger partial charge in [0.25, 0.3) is 5.91 Å². The molecule has 0 unspecified atom stereocenters. The quantitative estimate of drug-likeness (QED) is 0.785. The first-order chi connectivity index (χ1) is 13.9. The first-order valence-corrected chi connectivity index (χ1v) is 9.47. The summed E-state index contributed by atoms with van der Waals surface area (Å²) in [6.07, 6.45) is 2.28. The fraction of sp³-hybridized carbons (Fsp3) is 0.333. The van der Waals surface area contributed by atoms with Crippen LogP contribution in [0.1, 0.15) is 29.6 Å². The summed E-state index contributed by atoms with van der Waals surface area (Å²) >= 11 is 0. The van der Waals surface area contributed by atoms with Gasteiger partial charge in [-0.2, -0.15) is 0 Å². The highest BCUT2D eigenvalue weighted by atomic mass is 19.1. The number of halogens is 3. The van der Waals surface area contributed by atoms with Gasteiger partial charge >= 0.3 is 6.03 Å². The summed E-state index contributed by atoms with van der Waals surface area (Å²) in [7, 11) is 0. The molecule has 0 saturated carbocycles. The number of amides is 3. The smallest absolute Gasteiger partial charge is 0.321 e. The maximum atomic E-state index is 13.7. The zero-order valence-corrected chi connectivity index (χ0v) is 15.8. The Morgan fingerprint density at radius 3 is 2.31 bits per heavy atom. The number of nitrogens with one attached hydrogen (secondary N) is 2. The van der Waals surface area contributed by atoms with Gasteiger partial charge < -0.3 is 15.5 Å². The molecule has 0 radical (unpaired) electrons. The van der Waals surface area contributed by atoms with Crippen molar-refractivity contribution >= 4 is 17.6 Å². The number of likely N-dealkylation sites (tertiary alicyclic amines) is 1. The SMILES string of the molecule is O=C(NCCC1CCN(C(=O)Nc2cc(F)ccc2F)CC1)c1ccc(F)cc1. The first kappa shape index (κ1) is 20.7. The van der Waals surface area contributed by atoms with Crippen LogP contribution in [0.4, 0.5) is 23.7 Å². The van der Waals surface area contributed by atoms with E-state index in [-0.39, 0.29) is 11.6 Å². The second-order valence-corrected chi connectivity index (χ2v) is 7.04. The van der Waals surface area contributed by atoms with E-state index in [9.17, 15) is 22.8 Å². The van der Waals surface area contributed by atoms with E-state index in [0.717, 1.165) is 37.5 Å². The lowest BCUT2D eigenvalue weighted by Gasteiger charge is -2.32. The number of urea groups is 1. The molecule has 1 fully saturated rings. The van der Waals surface area contributed by atoms with E-state index in [1.54, 1.807) is 4.90 Å². The highest BCUT2D eigenvalue weighted by molar-refractivity contribution is 5.94. The molecule has 154 valence electrons. The predicted molar refractivity (Wildman–Crippen MR) is 103 cm³/mol. The molecule has 2 aromatic carbocycles. The summed E-state index contributed by atoms with van der Waals surface area (Å²) < 4.78 is 39.8. The highest BCUT2D eigenvalue weighted by Gasteiger charge is 2.23. The number of carbonyl (C=O) groups is 2. The molecule has 2 N–H and O–H groups in total. The largest absolute Gasteiger partial charge is 0.352 e. The van der Waals surface area contributed by atoms with E-state index in [1.165, 1.54) is 24.3 Å². The van der Waals surface area contributed by atoms with Crippen LogP contribution in [0.5, 0.6) is 0 Å². The van der Waals surface area contributed by atoms with Crippen molar-refractivity contribution in [1.82, 2.24) is 10.2 Å². The van der Waals surface area contributed by atoms with Crippen LogP contribution in [0.25, 0.3) is 0 Å². The van der Waals surface area contributed by atoms with Crippen molar-refractivity contribution < 1.29 is 22.8 Å². The minimum absolute atomic E-state index is 0.180. The van der Waals surface area contributed by atoms with E-state index in [1.807, 2.05) is 0 Å². The maximum Gasteiger partial charge on any atom is 0.321 e. The van der Waals surface area contributed by atoms with Crippen LogP contribution < -0.4 is 10.6 Å². The molecule has 29 heavy (non-hydrogen) atoms. The normalized spacial score (nSPS) is 14.5. The number of carbonyl (C=O) groups excluding carboxylic acids is 2. The van der Waals surface area contributed by atoms with Gasteiger partial charge in [-0.1, -0.05) is 0 Å². The molecule has 0 aliphatic carbocycles. The molecule has 3 amide bonds. The van der Waals surface area contributed by atoms with E-state index in [2.05, 4.69) is 10.6 Å². The van der Waals surface area contributed by atoms with Gasteiger partial charge in [-0.05, 0) is 61.6 Å². The molecule has 8 heteroatoms. The predicted octanol–water partition coefficient (Wildman–Crippen LogP) is 4.17. The van der Waals surface area contributed by atoms with Gasteiger partial charge in [-0.15, -0.1) is 0 Å². The highest BCUT2D eigenvalue weighted by Crippen LogP contribution is 2.22. The number of hydrogen-bond donors (Lipinski definition) is 2. The van der Waals surface area contributed by atoms with E-state index < -0.39 is 23.5 Å². The number of anilines is 1. The van der Waals surface area contributed by atoms with Gasteiger partial charge in [0.15, 0.2) is 0 Å². The molecule has 0 bridgehead atoms. The molecule has 2 aromatic rings. The van der Waals surface area contributed by atoms with E-state index in [0.29, 0.717) is 31.1 Å². The number of hydrogen-bond acceptors (Lipinski definition) is 2. The summed E-state index contributed by atoms with van der Waals surface area (Å²) in [6.45, 7) is 1.49. The molecule has 3 rings (SSSR count). The van der Waals surface area contributed by atoms with Crippen molar-refractivity contribution in [1.29, 1.82) is 0 Å². The zero-order chi connectivity index (χ0) is 20.8. The topological polar surface area (TPSA) is 61.4 Å². The van der Waals surface area contributed by atoms with Gasteiger partial charge in [-0.25, -0.2) is 18.0 Å². The number of nitrogens with zero attached hydrogens (tertiary/aromatic N) is 1. The molecule has 0 atom stereocenters. The third-order valence-corrected chi connectivity index (χ3v) is 5.02. The Morgan fingerprint density at radius 1 is 0.966 bits per heavy atom. The lowest BCUT2D eigenvalue weighted by Crippen LogP contribution is -2.41. The van der Waals surface area contributed by atoms with Gasteiger partial charge in [0.05, 0.1) is 5.69 Å². The second kappa shape index (κ2) is 9.45. The Labute approximate surface area is 166 Å². The summed E-state index contributed by atoms with van der Waals surface area (Å²) in [5.41, 5.74) is 0.225. The summed E-state index contributed by atoms with van der Waals surface area (Å²) in [4.78, 5) is 25.8. The average Bonchev–Trinajstić information content (AvgIpc) is 2.71. The van der Waals surface area contributed by atoms with Crippen LogP contribution in [0.15, 0.2) is 42.5 Å². The fourth-order valence-electron chi connectivity index (χ4n) is 3.31. The number of piperidine rings is 1. The third-order valence-electron chi connectivity index (χ3n) is 5.02. The van der Waals surface area contributed by atoms with Gasteiger partial charge in [0.1, 0.15) is 17.5 Å². The minimum atomic E-state index is -0.688. The van der Waals surface area contributed by atoms with E-state index >= 15 is 0 Å². The van der Waals surface area contributed by atoms with Crippen molar-refractivity contribution in [2.75, 3.05) is 25.0 Å². The van der Waals surface area contributed by atoms with Crippen molar-refractivity contribution in [2.45, 2.75) is 19.3 Å². The Bertz CT molecular complexity index is 866. The van der Waals surface area contributed by atoms with E-state index in [4.69, 9.17) is 0 Å². The van der Waals surface area contributed by atoms with Crippen molar-refractivity contribution in [2.24, 2.45) is 5.92 Å². The Balaban J connectivity index is 1.40. The lowest BCUT2D eigenvalue weighted by molar-refractivity contribution is 0.0949. The molecule has 1 aliphatic heterocycles. The van der Waals surface area contributed by atoms with Crippen LogP contribution in [0.3, 0.4) is 0 Å². The standard InChI is InChI=1S/C21H22F3N3O2/c22-16-3-1-15(2-4-16)20(28)25-10-7-14-8-11-27(12-9-14)21(29)26-19-13-17(23)5-6-18(19)24/h1-6,13-14H,7-12H2,(H,25,28)(H,26,29). The lowest BCUT2D eigenvalue weighted by atomic mass is 9.93. The summed E-state index contributed by atoms with van der Waals surface area (Å²) in [5, 5.41) is 5.22. The van der Waals surface area contributed by atoms with Crippen molar-refractivity contribution in [3.8, 4) is 0 Å². The fourth-order valence-corrected chi connectivity index (χ4v) is 3.31. The van der Waals surface area contributed by atoms with Gasteiger partial charge in [0.2, 0.25) is 0 Å². The van der Waals surface area contributed by atoms with Gasteiger partial charge in [-0.3, -0.25) is 4.79 Å². The van der Waals surface area contributed by atoms with Crippen molar-refractivity contribution in [3.63, 3.8) is 0 Å². The maximum absolute atomic E-state index is 13.7. The Kier molecular flexibility index (Phi) is 6.74. The van der Waals surface area contributed by atoms with Crippen LogP contribution >= 0.6 is 0 Å². The molecule has 1 heterocycles. The van der Waals surface area contributed by atoms with Crippen molar-refractivity contribution in [3.05, 3.63) is 65.5 Å². The monoisotopic (exact) mass is 405 g/mol. The molecule has 1 aliphatic rings.